The lowest BCUT2D eigenvalue weighted by Crippen LogP contribution is -2.45. The van der Waals surface area contributed by atoms with Gasteiger partial charge in [-0.25, -0.2) is 0 Å². The third-order valence-electron chi connectivity index (χ3n) is 4.01. The number of benzene rings is 1. The van der Waals surface area contributed by atoms with Crippen molar-refractivity contribution in [2.24, 2.45) is 0 Å². The Hall–Kier alpha value is -0.190. The van der Waals surface area contributed by atoms with Gasteiger partial charge in [0, 0.05) is 57.0 Å². The van der Waals surface area contributed by atoms with Crippen molar-refractivity contribution < 1.29 is 0 Å². The van der Waals surface area contributed by atoms with E-state index in [9.17, 15) is 0 Å². The molecule has 1 heterocycles. The summed E-state index contributed by atoms with van der Waals surface area (Å²) in [5.41, 5.74) is 2.44. The van der Waals surface area contributed by atoms with Crippen LogP contribution in [-0.2, 0) is 0 Å². The summed E-state index contributed by atoms with van der Waals surface area (Å²) in [5.74, 6) is 0. The van der Waals surface area contributed by atoms with Crippen LogP contribution >= 0.6 is 36.4 Å². The molecule has 1 fully saturated rings. The standard InChI is InChI=1S/C16H26ClN3.2ClH/c1-4-5-16(20-10-8-18-9-11-20)14-7-6-13(19(2)3)12-15(14)17;;/h6-7,12,16,18H,4-5,8-11H2,1-3H3;2*1H/t16-;;/m1../s1. The summed E-state index contributed by atoms with van der Waals surface area (Å²) in [6.07, 6.45) is 2.35. The number of hydrogen-bond donors (Lipinski definition) is 1. The Labute approximate surface area is 152 Å². The third-order valence-corrected chi connectivity index (χ3v) is 4.34. The molecule has 3 nitrogen and oxygen atoms in total. The van der Waals surface area contributed by atoms with Crippen LogP contribution in [0.2, 0.25) is 5.02 Å². The Bertz CT molecular complexity index is 435. The van der Waals surface area contributed by atoms with Crippen LogP contribution in [0.4, 0.5) is 5.69 Å². The van der Waals surface area contributed by atoms with E-state index >= 15 is 0 Å². The van der Waals surface area contributed by atoms with Crippen molar-refractivity contribution in [1.29, 1.82) is 0 Å². The van der Waals surface area contributed by atoms with Crippen molar-refractivity contribution in [2.45, 2.75) is 25.8 Å². The Kier molecular flexibility index (Phi) is 10.5. The van der Waals surface area contributed by atoms with Gasteiger partial charge in [-0.1, -0.05) is 31.0 Å². The van der Waals surface area contributed by atoms with Crippen molar-refractivity contribution in [3.05, 3.63) is 28.8 Å². The fourth-order valence-corrected chi connectivity index (χ4v) is 3.17. The predicted octanol–water partition coefficient (Wildman–Crippen LogP) is 4.00. The zero-order valence-electron chi connectivity index (χ0n) is 13.6. The Morgan fingerprint density at radius 1 is 1.23 bits per heavy atom. The van der Waals surface area contributed by atoms with Gasteiger partial charge in [0.05, 0.1) is 0 Å². The maximum absolute atomic E-state index is 6.55. The highest BCUT2D eigenvalue weighted by atomic mass is 35.5. The minimum Gasteiger partial charge on any atom is -0.378 e. The SMILES string of the molecule is CCC[C@H](c1ccc(N(C)C)cc1Cl)N1CCNCC1.Cl.Cl. The van der Waals surface area contributed by atoms with Crippen molar-refractivity contribution in [1.82, 2.24) is 10.2 Å². The number of halogens is 3. The third kappa shape index (κ3) is 5.47. The predicted molar refractivity (Wildman–Crippen MR) is 102 cm³/mol. The first-order chi connectivity index (χ1) is 9.63. The van der Waals surface area contributed by atoms with Crippen LogP contribution in [0.5, 0.6) is 0 Å². The molecule has 1 aliphatic heterocycles. The minimum absolute atomic E-state index is 0. The van der Waals surface area contributed by atoms with E-state index < -0.39 is 0 Å². The molecule has 1 N–H and O–H groups in total. The molecule has 128 valence electrons. The topological polar surface area (TPSA) is 18.5 Å². The molecule has 0 aliphatic carbocycles. The van der Waals surface area contributed by atoms with E-state index in [0.717, 1.165) is 36.9 Å². The van der Waals surface area contributed by atoms with E-state index in [1.54, 1.807) is 0 Å². The molecule has 0 aromatic heterocycles. The molecule has 0 radical (unpaired) electrons. The van der Waals surface area contributed by atoms with Crippen LogP contribution in [0, 0.1) is 0 Å². The van der Waals surface area contributed by atoms with Crippen molar-refractivity contribution in [3.63, 3.8) is 0 Å². The number of piperazine rings is 1. The highest BCUT2D eigenvalue weighted by Gasteiger charge is 2.23. The molecule has 0 spiro atoms. The van der Waals surface area contributed by atoms with Gasteiger partial charge < -0.3 is 10.2 Å². The lowest BCUT2D eigenvalue weighted by Gasteiger charge is -2.35. The first-order valence-corrected chi connectivity index (χ1v) is 7.92. The van der Waals surface area contributed by atoms with Crippen LogP contribution in [0.3, 0.4) is 0 Å². The summed E-state index contributed by atoms with van der Waals surface area (Å²) in [6.45, 7) is 6.62. The second-order valence-corrected chi connectivity index (χ2v) is 6.10. The Morgan fingerprint density at radius 2 is 1.86 bits per heavy atom. The molecule has 1 aliphatic rings. The highest BCUT2D eigenvalue weighted by molar-refractivity contribution is 6.31. The molecular weight excluding hydrogens is 341 g/mol. The zero-order valence-corrected chi connectivity index (χ0v) is 16.0. The summed E-state index contributed by atoms with van der Waals surface area (Å²) in [5, 5.41) is 4.32. The summed E-state index contributed by atoms with van der Waals surface area (Å²) in [4.78, 5) is 4.66. The first-order valence-electron chi connectivity index (χ1n) is 7.55. The molecule has 1 aromatic carbocycles. The maximum Gasteiger partial charge on any atom is 0.0474 e. The molecular formula is C16H28Cl3N3. The van der Waals surface area contributed by atoms with Crippen LogP contribution in [0.25, 0.3) is 0 Å². The van der Waals surface area contributed by atoms with Gasteiger partial charge in [-0.15, -0.1) is 24.8 Å². The fraction of sp³-hybridized carbons (Fsp3) is 0.625. The van der Waals surface area contributed by atoms with Gasteiger partial charge in [-0.2, -0.15) is 0 Å². The Morgan fingerprint density at radius 3 is 2.36 bits per heavy atom. The van der Waals surface area contributed by atoms with Crippen LogP contribution in [0.1, 0.15) is 31.4 Å². The van der Waals surface area contributed by atoms with Crippen LogP contribution in [-0.4, -0.2) is 45.2 Å². The molecule has 0 bridgehead atoms. The fourth-order valence-electron chi connectivity index (χ4n) is 2.87. The summed E-state index contributed by atoms with van der Waals surface area (Å²) >= 11 is 6.55. The Balaban J connectivity index is 0.00000220. The van der Waals surface area contributed by atoms with E-state index in [4.69, 9.17) is 11.6 Å². The summed E-state index contributed by atoms with van der Waals surface area (Å²) < 4.78 is 0. The number of hydrogen-bond acceptors (Lipinski definition) is 3. The van der Waals surface area contributed by atoms with Crippen molar-refractivity contribution >= 4 is 42.1 Å². The number of anilines is 1. The zero-order chi connectivity index (χ0) is 14.5. The van der Waals surface area contributed by atoms with Crippen LogP contribution in [0.15, 0.2) is 18.2 Å². The minimum atomic E-state index is 0. The van der Waals surface area contributed by atoms with E-state index in [1.807, 2.05) is 14.1 Å². The maximum atomic E-state index is 6.55. The molecule has 22 heavy (non-hydrogen) atoms. The second kappa shape index (κ2) is 10.6. The van der Waals surface area contributed by atoms with E-state index in [-0.39, 0.29) is 24.8 Å². The molecule has 6 heteroatoms. The van der Waals surface area contributed by atoms with E-state index in [2.05, 4.69) is 40.2 Å². The van der Waals surface area contributed by atoms with Gasteiger partial charge in [-0.3, -0.25) is 4.90 Å². The molecule has 1 saturated heterocycles. The van der Waals surface area contributed by atoms with Gasteiger partial charge in [0.1, 0.15) is 0 Å². The van der Waals surface area contributed by atoms with Gasteiger partial charge in [0.15, 0.2) is 0 Å². The average molecular weight is 369 g/mol. The lowest BCUT2D eigenvalue weighted by atomic mass is 9.99. The number of nitrogens with one attached hydrogen (secondary N) is 1. The quantitative estimate of drug-likeness (QED) is 0.847. The lowest BCUT2D eigenvalue weighted by molar-refractivity contribution is 0.164. The van der Waals surface area contributed by atoms with Gasteiger partial charge in [-0.05, 0) is 24.1 Å². The normalized spacial score (nSPS) is 16.4. The molecule has 0 amide bonds. The molecule has 2 rings (SSSR count). The molecule has 0 unspecified atom stereocenters. The highest BCUT2D eigenvalue weighted by Crippen LogP contribution is 2.33. The van der Waals surface area contributed by atoms with Crippen molar-refractivity contribution in [3.8, 4) is 0 Å². The largest absolute Gasteiger partial charge is 0.378 e. The average Bonchev–Trinajstić information content (AvgIpc) is 2.46. The van der Waals surface area contributed by atoms with Gasteiger partial charge in [0.25, 0.3) is 0 Å². The van der Waals surface area contributed by atoms with E-state index in [1.165, 1.54) is 18.4 Å². The first kappa shape index (κ1) is 21.8. The summed E-state index contributed by atoms with van der Waals surface area (Å²) in [6, 6.07) is 6.92. The smallest absolute Gasteiger partial charge is 0.0474 e. The molecule has 1 aromatic rings. The van der Waals surface area contributed by atoms with E-state index in [0.29, 0.717) is 6.04 Å². The second-order valence-electron chi connectivity index (χ2n) is 5.69. The van der Waals surface area contributed by atoms with Gasteiger partial charge in [0.2, 0.25) is 0 Å². The number of rotatable bonds is 5. The molecule has 1 atom stereocenters. The van der Waals surface area contributed by atoms with Crippen molar-refractivity contribution in [2.75, 3.05) is 45.2 Å². The summed E-state index contributed by atoms with van der Waals surface area (Å²) in [7, 11) is 4.09. The monoisotopic (exact) mass is 367 g/mol. The molecule has 0 saturated carbocycles. The number of nitrogens with zero attached hydrogens (tertiary/aromatic N) is 2. The van der Waals surface area contributed by atoms with Crippen LogP contribution < -0.4 is 10.2 Å². The van der Waals surface area contributed by atoms with Gasteiger partial charge >= 0.3 is 0 Å².